The van der Waals surface area contributed by atoms with Crippen LogP contribution in [0.15, 0.2) is 12.1 Å². The lowest BCUT2D eigenvalue weighted by Gasteiger charge is -2.20. The van der Waals surface area contributed by atoms with Crippen molar-refractivity contribution in [2.24, 2.45) is 17.8 Å². The summed E-state index contributed by atoms with van der Waals surface area (Å²) in [5, 5.41) is 4.22. The number of hydrogen-bond donors (Lipinski definition) is 2. The summed E-state index contributed by atoms with van der Waals surface area (Å²) in [7, 11) is 0. The number of halogens is 3. The summed E-state index contributed by atoms with van der Waals surface area (Å²) in [6, 6.07) is 1.53. The first kappa shape index (κ1) is 20.2. The van der Waals surface area contributed by atoms with Crippen LogP contribution in [0, 0.1) is 35.2 Å². The third-order valence-electron chi connectivity index (χ3n) is 5.43. The Bertz CT molecular complexity index is 787. The number of esters is 1. The molecule has 2 N–H and O–H groups in total. The minimum absolute atomic E-state index is 0.296. The molecule has 2 fully saturated rings. The number of nitrogens with one attached hydrogen (secondary N) is 2. The van der Waals surface area contributed by atoms with Crippen LogP contribution >= 0.6 is 0 Å². The van der Waals surface area contributed by atoms with Gasteiger partial charge in [0.05, 0.1) is 12.2 Å². The predicted molar refractivity (Wildman–Crippen MR) is 92.5 cm³/mol. The average molecular weight is 398 g/mol. The summed E-state index contributed by atoms with van der Waals surface area (Å²) >= 11 is 0. The van der Waals surface area contributed by atoms with Crippen LogP contribution in [-0.4, -0.2) is 30.9 Å². The lowest BCUT2D eigenvalue weighted by Crippen LogP contribution is -2.36. The molecule has 2 amide bonds. The monoisotopic (exact) mass is 398 g/mol. The second kappa shape index (κ2) is 8.62. The Balaban J connectivity index is 1.35. The Morgan fingerprint density at radius 2 is 1.82 bits per heavy atom. The summed E-state index contributed by atoms with van der Waals surface area (Å²) in [6.07, 6.45) is 4.88. The summed E-state index contributed by atoms with van der Waals surface area (Å²) in [5.74, 6) is -4.98. The Hall–Kier alpha value is -2.58. The molecule has 0 aliphatic heterocycles. The van der Waals surface area contributed by atoms with E-state index in [1.165, 1.54) is 12.8 Å². The van der Waals surface area contributed by atoms with Gasteiger partial charge in [-0.05, 0) is 49.1 Å². The molecule has 2 bridgehead atoms. The molecule has 6 nitrogen and oxygen atoms in total. The molecule has 152 valence electrons. The number of carbonyl (C=O) groups excluding carboxylic acids is 3. The molecule has 0 unspecified atom stereocenters. The van der Waals surface area contributed by atoms with Gasteiger partial charge in [-0.1, -0.05) is 6.42 Å². The number of carbonyl (C=O) groups is 3. The van der Waals surface area contributed by atoms with Gasteiger partial charge in [-0.2, -0.15) is 0 Å². The van der Waals surface area contributed by atoms with Gasteiger partial charge in [0.2, 0.25) is 5.91 Å². The summed E-state index contributed by atoms with van der Waals surface area (Å²) < 4.78 is 44.4. The number of anilines is 1. The normalized spacial score (nSPS) is 22.8. The molecule has 1 aromatic carbocycles. The molecule has 2 saturated carbocycles. The molecule has 0 heterocycles. The molecule has 0 spiro atoms. The first-order valence-corrected chi connectivity index (χ1v) is 9.19. The molecule has 0 radical (unpaired) electrons. The molecular formula is C19H21F3N2O4. The molecule has 2 aliphatic rings. The van der Waals surface area contributed by atoms with Crippen molar-refractivity contribution in [1.29, 1.82) is 0 Å². The zero-order valence-corrected chi connectivity index (χ0v) is 15.1. The van der Waals surface area contributed by atoms with Gasteiger partial charge < -0.3 is 15.4 Å². The van der Waals surface area contributed by atoms with Gasteiger partial charge in [-0.25, -0.2) is 13.2 Å². The Morgan fingerprint density at radius 3 is 2.50 bits per heavy atom. The molecule has 0 saturated heterocycles. The van der Waals surface area contributed by atoms with E-state index in [1.54, 1.807) is 0 Å². The third-order valence-corrected chi connectivity index (χ3v) is 5.43. The smallest absolute Gasteiger partial charge is 0.306 e. The molecular weight excluding hydrogens is 377 g/mol. The van der Waals surface area contributed by atoms with E-state index >= 15 is 0 Å². The molecule has 3 rings (SSSR count). The number of fused-ring (bicyclic) bond motifs is 2. The molecule has 2 aliphatic carbocycles. The summed E-state index contributed by atoms with van der Waals surface area (Å²) in [4.78, 5) is 35.2. The maximum absolute atomic E-state index is 13.5. The van der Waals surface area contributed by atoms with Crippen LogP contribution in [0.5, 0.6) is 0 Å². The van der Waals surface area contributed by atoms with Crippen molar-refractivity contribution in [3.05, 3.63) is 29.6 Å². The third kappa shape index (κ3) is 4.82. The van der Waals surface area contributed by atoms with Crippen molar-refractivity contribution in [2.75, 3.05) is 18.5 Å². The van der Waals surface area contributed by atoms with Crippen molar-refractivity contribution in [3.8, 4) is 0 Å². The molecule has 3 atom stereocenters. The van der Waals surface area contributed by atoms with E-state index in [0.29, 0.717) is 30.2 Å². The van der Waals surface area contributed by atoms with Crippen molar-refractivity contribution < 1.29 is 32.3 Å². The first-order chi connectivity index (χ1) is 13.3. The van der Waals surface area contributed by atoms with Gasteiger partial charge in [0.1, 0.15) is 0 Å². The van der Waals surface area contributed by atoms with Crippen LogP contribution < -0.4 is 10.6 Å². The van der Waals surface area contributed by atoms with Gasteiger partial charge in [0.15, 0.2) is 24.1 Å². The van der Waals surface area contributed by atoms with Crippen LogP contribution in [0.4, 0.5) is 18.9 Å². The maximum atomic E-state index is 13.5. The minimum atomic E-state index is -1.70. The van der Waals surface area contributed by atoms with Crippen LogP contribution in [-0.2, 0) is 19.1 Å². The van der Waals surface area contributed by atoms with Crippen LogP contribution in [0.25, 0.3) is 0 Å². The Morgan fingerprint density at radius 1 is 1.04 bits per heavy atom. The number of rotatable bonds is 7. The Labute approximate surface area is 159 Å². The van der Waals surface area contributed by atoms with Crippen molar-refractivity contribution in [1.82, 2.24) is 5.32 Å². The first-order valence-electron chi connectivity index (χ1n) is 9.19. The molecule has 0 aromatic heterocycles. The topological polar surface area (TPSA) is 84.5 Å². The van der Waals surface area contributed by atoms with Crippen molar-refractivity contribution >= 4 is 23.5 Å². The summed E-state index contributed by atoms with van der Waals surface area (Å²) in [5.41, 5.74) is -0.546. The average Bonchev–Trinajstić information content (AvgIpc) is 3.28. The van der Waals surface area contributed by atoms with Gasteiger partial charge in [0, 0.05) is 6.42 Å². The lowest BCUT2D eigenvalue weighted by atomic mass is 9.86. The predicted octanol–water partition coefficient (Wildman–Crippen LogP) is 2.53. The molecule has 1 aromatic rings. The van der Waals surface area contributed by atoms with Crippen molar-refractivity contribution in [2.45, 2.75) is 32.1 Å². The fourth-order valence-electron chi connectivity index (χ4n) is 4.09. The highest BCUT2D eigenvalue weighted by Crippen LogP contribution is 2.49. The van der Waals surface area contributed by atoms with Gasteiger partial charge in [-0.3, -0.25) is 14.4 Å². The Kier molecular flexibility index (Phi) is 6.21. The van der Waals surface area contributed by atoms with Crippen LogP contribution in [0.2, 0.25) is 0 Å². The number of benzene rings is 1. The van der Waals surface area contributed by atoms with E-state index in [0.717, 1.165) is 18.9 Å². The fourth-order valence-corrected chi connectivity index (χ4v) is 4.09. The SMILES string of the molecule is O=C(COC(=O)C[C@@H]1C[C@@H]2CC[C@@H]1C2)NCC(=O)Nc1ccc(F)c(F)c1F. The quantitative estimate of drug-likeness (QED) is 0.546. The fraction of sp³-hybridized carbons (Fsp3) is 0.526. The van der Waals surface area contributed by atoms with Crippen molar-refractivity contribution in [3.63, 3.8) is 0 Å². The van der Waals surface area contributed by atoms with E-state index in [1.807, 2.05) is 5.32 Å². The van der Waals surface area contributed by atoms with E-state index < -0.39 is 54.1 Å². The zero-order valence-electron chi connectivity index (χ0n) is 15.1. The van der Waals surface area contributed by atoms with Crippen LogP contribution in [0.3, 0.4) is 0 Å². The number of hydrogen-bond acceptors (Lipinski definition) is 4. The highest BCUT2D eigenvalue weighted by Gasteiger charge is 2.40. The van der Waals surface area contributed by atoms with E-state index in [4.69, 9.17) is 4.74 Å². The molecule has 28 heavy (non-hydrogen) atoms. The highest BCUT2D eigenvalue weighted by atomic mass is 19.2. The highest BCUT2D eigenvalue weighted by molar-refractivity contribution is 5.94. The van der Waals surface area contributed by atoms with E-state index in [-0.39, 0.29) is 0 Å². The van der Waals surface area contributed by atoms with Gasteiger partial charge >= 0.3 is 5.97 Å². The van der Waals surface area contributed by atoms with Gasteiger partial charge in [0.25, 0.3) is 5.91 Å². The number of ether oxygens (including phenoxy) is 1. The standard InChI is InChI=1S/C19H21F3N2O4/c20-13-3-4-14(19(22)18(13)21)24-15(25)8-23-16(26)9-28-17(27)7-12-6-10-1-2-11(12)5-10/h3-4,10-12H,1-2,5-9H2,(H,23,26)(H,24,25)/t10-,11-,12+/m1/s1. The number of amides is 2. The second-order valence-corrected chi connectivity index (χ2v) is 7.35. The lowest BCUT2D eigenvalue weighted by molar-refractivity contribution is -0.149. The van der Waals surface area contributed by atoms with Crippen LogP contribution in [0.1, 0.15) is 32.1 Å². The van der Waals surface area contributed by atoms with E-state index in [2.05, 4.69) is 5.32 Å². The zero-order chi connectivity index (χ0) is 20.3. The second-order valence-electron chi connectivity index (χ2n) is 7.35. The van der Waals surface area contributed by atoms with E-state index in [9.17, 15) is 27.6 Å². The maximum Gasteiger partial charge on any atom is 0.306 e. The largest absolute Gasteiger partial charge is 0.456 e. The minimum Gasteiger partial charge on any atom is -0.456 e. The molecule has 9 heteroatoms. The summed E-state index contributed by atoms with van der Waals surface area (Å²) in [6.45, 7) is -1.06. The van der Waals surface area contributed by atoms with Gasteiger partial charge in [-0.15, -0.1) is 0 Å².